The lowest BCUT2D eigenvalue weighted by molar-refractivity contribution is -0.134. The average molecular weight is 281 g/mol. The van der Waals surface area contributed by atoms with Crippen molar-refractivity contribution in [3.8, 4) is 0 Å². The number of halogens is 1. The molecule has 2 aliphatic rings. The molecule has 0 aliphatic carbocycles. The van der Waals surface area contributed by atoms with Crippen LogP contribution in [0.5, 0.6) is 0 Å². The third kappa shape index (κ3) is 5.04. The topological polar surface area (TPSA) is 41.6 Å². The fourth-order valence-electron chi connectivity index (χ4n) is 2.07. The zero-order valence-electron chi connectivity index (χ0n) is 10.0. The maximum absolute atomic E-state index is 12.0. The molecule has 0 bridgehead atoms. The van der Waals surface area contributed by atoms with Crippen LogP contribution in [0.2, 0.25) is 0 Å². The molecule has 100 valence electrons. The Morgan fingerprint density at radius 3 is 3.06 bits per heavy atom. The number of hydrogen-bond donors (Lipinski definition) is 1. The van der Waals surface area contributed by atoms with Crippen molar-refractivity contribution in [2.45, 2.75) is 18.9 Å². The summed E-state index contributed by atoms with van der Waals surface area (Å²) in [5.41, 5.74) is 0. The molecule has 0 spiro atoms. The maximum atomic E-state index is 12.0. The summed E-state index contributed by atoms with van der Waals surface area (Å²) >= 11 is 1.95. The van der Waals surface area contributed by atoms with Gasteiger partial charge in [-0.25, -0.2) is 0 Å². The number of thioether (sulfide) groups is 1. The van der Waals surface area contributed by atoms with Crippen molar-refractivity contribution in [2.24, 2.45) is 0 Å². The molecule has 4 nitrogen and oxygen atoms in total. The summed E-state index contributed by atoms with van der Waals surface area (Å²) < 4.78 is 5.56. The monoisotopic (exact) mass is 280 g/mol. The molecular weight excluding hydrogens is 260 g/mol. The molecule has 1 N–H and O–H groups in total. The molecule has 2 heterocycles. The molecule has 6 heteroatoms. The number of carbonyl (C=O) groups excluding carboxylic acids is 1. The molecule has 2 rings (SSSR count). The van der Waals surface area contributed by atoms with Crippen LogP contribution in [-0.4, -0.2) is 61.2 Å². The van der Waals surface area contributed by atoms with Crippen LogP contribution in [0.25, 0.3) is 0 Å². The molecule has 0 aromatic heterocycles. The summed E-state index contributed by atoms with van der Waals surface area (Å²) in [5.74, 6) is 2.53. The Morgan fingerprint density at radius 2 is 2.29 bits per heavy atom. The van der Waals surface area contributed by atoms with Gasteiger partial charge in [0.2, 0.25) is 5.91 Å². The van der Waals surface area contributed by atoms with Crippen LogP contribution in [0.15, 0.2) is 0 Å². The van der Waals surface area contributed by atoms with E-state index in [9.17, 15) is 4.79 Å². The van der Waals surface area contributed by atoms with E-state index in [0.717, 1.165) is 45.0 Å². The number of nitrogens with zero attached hydrogens (tertiary/aromatic N) is 1. The molecule has 2 fully saturated rings. The Kier molecular flexibility index (Phi) is 7.27. The van der Waals surface area contributed by atoms with Crippen molar-refractivity contribution in [3.05, 3.63) is 0 Å². The lowest BCUT2D eigenvalue weighted by atomic mass is 10.2. The number of nitrogens with one attached hydrogen (secondary N) is 1. The summed E-state index contributed by atoms with van der Waals surface area (Å²) in [6.07, 6.45) is 1.75. The van der Waals surface area contributed by atoms with Crippen LogP contribution < -0.4 is 5.32 Å². The fourth-order valence-corrected chi connectivity index (χ4v) is 2.96. The molecule has 17 heavy (non-hydrogen) atoms. The van der Waals surface area contributed by atoms with Crippen molar-refractivity contribution < 1.29 is 9.53 Å². The number of amides is 1. The van der Waals surface area contributed by atoms with Crippen LogP contribution >= 0.6 is 24.2 Å². The van der Waals surface area contributed by atoms with Gasteiger partial charge in [-0.3, -0.25) is 4.79 Å². The second-order valence-electron chi connectivity index (χ2n) is 4.25. The Hall–Kier alpha value is 0.0300. The lowest BCUT2D eigenvalue weighted by Crippen LogP contribution is -2.43. The quantitative estimate of drug-likeness (QED) is 0.811. The molecule has 0 radical (unpaired) electrons. The first-order valence-electron chi connectivity index (χ1n) is 6.04. The summed E-state index contributed by atoms with van der Waals surface area (Å²) in [5, 5.41) is 3.26. The molecule has 2 saturated heterocycles. The Labute approximate surface area is 113 Å². The number of morpholine rings is 1. The van der Waals surface area contributed by atoms with Crippen molar-refractivity contribution in [2.75, 3.05) is 44.3 Å². The van der Waals surface area contributed by atoms with Crippen LogP contribution in [0.4, 0.5) is 0 Å². The molecule has 1 amide bonds. The SMILES string of the molecule is Cl.O=C(CC1CNCCO1)N1CCCSCC1. The zero-order valence-corrected chi connectivity index (χ0v) is 11.7. The Balaban J connectivity index is 0.00000144. The van der Waals surface area contributed by atoms with Gasteiger partial charge in [-0.1, -0.05) is 0 Å². The second-order valence-corrected chi connectivity index (χ2v) is 5.47. The van der Waals surface area contributed by atoms with E-state index in [-0.39, 0.29) is 24.4 Å². The summed E-state index contributed by atoms with van der Waals surface area (Å²) in [7, 11) is 0. The highest BCUT2D eigenvalue weighted by molar-refractivity contribution is 7.99. The third-order valence-electron chi connectivity index (χ3n) is 2.98. The van der Waals surface area contributed by atoms with Crippen molar-refractivity contribution in [3.63, 3.8) is 0 Å². The van der Waals surface area contributed by atoms with Gasteiger partial charge in [0.1, 0.15) is 0 Å². The van der Waals surface area contributed by atoms with E-state index in [1.54, 1.807) is 0 Å². The van der Waals surface area contributed by atoms with E-state index in [2.05, 4.69) is 5.32 Å². The third-order valence-corrected chi connectivity index (χ3v) is 4.03. The van der Waals surface area contributed by atoms with E-state index in [4.69, 9.17) is 4.74 Å². The predicted octanol–water partition coefficient (Wildman–Crippen LogP) is 0.752. The largest absolute Gasteiger partial charge is 0.375 e. The van der Waals surface area contributed by atoms with E-state index >= 15 is 0 Å². The molecule has 2 aliphatic heterocycles. The highest BCUT2D eigenvalue weighted by Crippen LogP contribution is 2.12. The number of ether oxygens (including phenoxy) is 1. The van der Waals surface area contributed by atoms with Crippen LogP contribution in [0, 0.1) is 0 Å². The van der Waals surface area contributed by atoms with Gasteiger partial charge in [-0.2, -0.15) is 11.8 Å². The van der Waals surface area contributed by atoms with Gasteiger partial charge >= 0.3 is 0 Å². The van der Waals surface area contributed by atoms with Crippen molar-refractivity contribution in [1.29, 1.82) is 0 Å². The minimum atomic E-state index is 0. The number of hydrogen-bond acceptors (Lipinski definition) is 4. The van der Waals surface area contributed by atoms with E-state index in [1.807, 2.05) is 16.7 Å². The van der Waals surface area contributed by atoms with E-state index < -0.39 is 0 Å². The van der Waals surface area contributed by atoms with Crippen LogP contribution in [0.3, 0.4) is 0 Å². The van der Waals surface area contributed by atoms with Gasteiger partial charge in [0.25, 0.3) is 0 Å². The van der Waals surface area contributed by atoms with Crippen LogP contribution in [0.1, 0.15) is 12.8 Å². The molecule has 0 saturated carbocycles. The Bertz CT molecular complexity index is 230. The van der Waals surface area contributed by atoms with E-state index in [1.165, 1.54) is 5.75 Å². The average Bonchev–Trinajstić information content (AvgIpc) is 2.59. The summed E-state index contributed by atoms with van der Waals surface area (Å²) in [6.45, 7) is 4.28. The molecule has 0 aromatic carbocycles. The minimum Gasteiger partial charge on any atom is -0.375 e. The minimum absolute atomic E-state index is 0. The van der Waals surface area contributed by atoms with Gasteiger partial charge in [-0.05, 0) is 12.2 Å². The first-order chi connectivity index (χ1) is 7.86. The van der Waals surface area contributed by atoms with Gasteiger partial charge < -0.3 is 15.0 Å². The van der Waals surface area contributed by atoms with Gasteiger partial charge in [0.15, 0.2) is 0 Å². The normalized spacial score (nSPS) is 25.9. The Morgan fingerprint density at radius 1 is 1.41 bits per heavy atom. The number of rotatable bonds is 2. The van der Waals surface area contributed by atoms with Crippen molar-refractivity contribution >= 4 is 30.1 Å². The predicted molar refractivity (Wildman–Crippen MR) is 73.0 cm³/mol. The number of carbonyl (C=O) groups is 1. The summed E-state index contributed by atoms with van der Waals surface area (Å²) in [6, 6.07) is 0. The summed E-state index contributed by atoms with van der Waals surface area (Å²) in [4.78, 5) is 14.0. The highest BCUT2D eigenvalue weighted by Gasteiger charge is 2.21. The van der Waals surface area contributed by atoms with Gasteiger partial charge in [-0.15, -0.1) is 12.4 Å². The smallest absolute Gasteiger partial charge is 0.225 e. The fraction of sp³-hybridized carbons (Fsp3) is 0.909. The molecule has 1 atom stereocenters. The van der Waals surface area contributed by atoms with Crippen molar-refractivity contribution in [1.82, 2.24) is 10.2 Å². The zero-order chi connectivity index (χ0) is 11.2. The first kappa shape index (κ1) is 15.1. The molecule has 0 aromatic rings. The second kappa shape index (κ2) is 8.19. The first-order valence-corrected chi connectivity index (χ1v) is 7.19. The van der Waals surface area contributed by atoms with E-state index in [0.29, 0.717) is 6.42 Å². The highest BCUT2D eigenvalue weighted by atomic mass is 35.5. The lowest BCUT2D eigenvalue weighted by Gasteiger charge is -2.26. The van der Waals surface area contributed by atoms with Crippen LogP contribution in [-0.2, 0) is 9.53 Å². The van der Waals surface area contributed by atoms with Gasteiger partial charge in [0.05, 0.1) is 19.1 Å². The maximum Gasteiger partial charge on any atom is 0.225 e. The standard InChI is InChI=1S/C11H20N2O2S.ClH/c14-11(8-10-9-12-2-5-15-10)13-3-1-6-16-7-4-13;/h10,12H,1-9H2;1H. The molecule has 1 unspecified atom stereocenters. The van der Waals surface area contributed by atoms with Gasteiger partial charge in [0, 0.05) is 31.9 Å². The molecular formula is C11H21ClN2O2S.